The number of ketones is 1. The smallest absolute Gasteiger partial charge is 0.459 e. The van der Waals surface area contributed by atoms with Crippen LogP contribution in [0.5, 0.6) is 11.5 Å². The second-order valence-electron chi connectivity index (χ2n) is 6.33. The van der Waals surface area contributed by atoms with Gasteiger partial charge >= 0.3 is 13.3 Å². The standard InChI is InChI=1S/C22H14Cl4O5P/c1-30-14-7-5-8-15(31-2)17(14)22(28)32(29)16-9-4-3-6-11(16)21(27)18-19(25)12(23)10-13(24)20(18)26/h3-10H,1-2H3/q+1. The molecule has 3 aromatic rings. The Morgan fingerprint density at radius 3 is 1.84 bits per heavy atom. The molecule has 10 heteroatoms. The lowest BCUT2D eigenvalue weighted by atomic mass is 10.0. The van der Waals surface area contributed by atoms with E-state index in [4.69, 9.17) is 55.9 Å². The van der Waals surface area contributed by atoms with Gasteiger partial charge in [-0.3, -0.25) is 4.79 Å². The van der Waals surface area contributed by atoms with Gasteiger partial charge in [-0.2, -0.15) is 0 Å². The third-order valence-electron chi connectivity index (χ3n) is 4.53. The zero-order chi connectivity index (χ0) is 23.6. The van der Waals surface area contributed by atoms with Crippen LogP contribution in [0.15, 0.2) is 48.5 Å². The van der Waals surface area contributed by atoms with Gasteiger partial charge in [0.25, 0.3) is 0 Å². The lowest BCUT2D eigenvalue weighted by molar-refractivity contribution is 0.103. The summed E-state index contributed by atoms with van der Waals surface area (Å²) in [5, 5.41) is -0.154. The van der Waals surface area contributed by atoms with E-state index >= 15 is 0 Å². The van der Waals surface area contributed by atoms with Crippen molar-refractivity contribution in [1.82, 2.24) is 0 Å². The maximum Gasteiger partial charge on any atom is 0.459 e. The summed E-state index contributed by atoms with van der Waals surface area (Å²) in [4.78, 5) is 26.6. The second kappa shape index (κ2) is 10.2. The maximum atomic E-state index is 13.4. The average molecular weight is 531 g/mol. The molecule has 0 aliphatic heterocycles. The van der Waals surface area contributed by atoms with Crippen LogP contribution in [0.25, 0.3) is 0 Å². The van der Waals surface area contributed by atoms with Gasteiger partial charge in [-0.1, -0.05) is 69.2 Å². The molecule has 164 valence electrons. The van der Waals surface area contributed by atoms with Crippen LogP contribution in [0.3, 0.4) is 0 Å². The number of methoxy groups -OCH3 is 2. The number of carbonyl (C=O) groups is 2. The molecule has 3 rings (SSSR count). The number of carbonyl (C=O) groups excluding carboxylic acids is 2. The van der Waals surface area contributed by atoms with Crippen LogP contribution >= 0.6 is 54.2 Å². The van der Waals surface area contributed by atoms with Crippen molar-refractivity contribution in [1.29, 1.82) is 0 Å². The minimum atomic E-state index is -2.76. The van der Waals surface area contributed by atoms with Crippen molar-refractivity contribution in [3.05, 3.63) is 85.3 Å². The number of ether oxygens (including phenoxy) is 2. The van der Waals surface area contributed by atoms with Gasteiger partial charge in [0.1, 0.15) is 11.5 Å². The van der Waals surface area contributed by atoms with Gasteiger partial charge in [0, 0.05) is 0 Å². The highest BCUT2D eigenvalue weighted by molar-refractivity contribution is 7.71. The molecule has 1 unspecified atom stereocenters. The van der Waals surface area contributed by atoms with Crippen LogP contribution in [0, 0.1) is 0 Å². The molecule has 0 spiro atoms. The zero-order valence-electron chi connectivity index (χ0n) is 16.6. The fourth-order valence-corrected chi connectivity index (χ4v) is 5.26. The molecular weight excluding hydrogens is 517 g/mol. The third kappa shape index (κ3) is 4.50. The first-order valence-electron chi connectivity index (χ1n) is 8.92. The van der Waals surface area contributed by atoms with E-state index in [-0.39, 0.29) is 53.6 Å². The summed E-state index contributed by atoms with van der Waals surface area (Å²) in [7, 11) is -0.00118. The molecule has 0 fully saturated rings. The molecule has 1 atom stereocenters. The van der Waals surface area contributed by atoms with Gasteiger partial charge in [0.15, 0.2) is 5.56 Å². The Balaban J connectivity index is 2.14. The van der Waals surface area contributed by atoms with E-state index in [2.05, 4.69) is 0 Å². The van der Waals surface area contributed by atoms with E-state index < -0.39 is 19.1 Å². The topological polar surface area (TPSA) is 69.7 Å². The molecule has 0 radical (unpaired) electrons. The lowest BCUT2D eigenvalue weighted by Crippen LogP contribution is -2.17. The quantitative estimate of drug-likeness (QED) is 0.190. The molecule has 0 saturated heterocycles. The van der Waals surface area contributed by atoms with Crippen LogP contribution in [0.1, 0.15) is 26.3 Å². The summed E-state index contributed by atoms with van der Waals surface area (Å²) >= 11 is 24.5. The van der Waals surface area contributed by atoms with Gasteiger partial charge in [0.2, 0.25) is 11.1 Å². The Morgan fingerprint density at radius 1 is 0.781 bits per heavy atom. The SMILES string of the molecule is COc1cccc(OC)c1C(=O)[P+](=O)c1ccccc1C(=O)c1c(Cl)c(Cl)cc(Cl)c1Cl. The molecule has 0 N–H and O–H groups in total. The van der Waals surface area contributed by atoms with Gasteiger partial charge in [0.05, 0.1) is 45.4 Å². The first kappa shape index (κ1) is 24.5. The number of rotatable bonds is 7. The predicted octanol–water partition coefficient (Wildman–Crippen LogP) is 6.84. The number of hydrogen-bond donors (Lipinski definition) is 0. The minimum absolute atomic E-state index is 0.00253. The third-order valence-corrected chi connectivity index (χ3v) is 7.53. The summed E-state index contributed by atoms with van der Waals surface area (Å²) in [6, 6.07) is 12.0. The number of halogens is 4. The summed E-state index contributed by atoms with van der Waals surface area (Å²) in [5.74, 6) is -0.299. The number of hydrogen-bond acceptors (Lipinski definition) is 5. The number of benzene rings is 3. The Morgan fingerprint density at radius 2 is 1.31 bits per heavy atom. The van der Waals surface area contributed by atoms with Gasteiger partial charge in [-0.05, 0) is 30.3 Å². The summed E-state index contributed by atoms with van der Waals surface area (Å²) in [6.07, 6.45) is 0. The summed E-state index contributed by atoms with van der Waals surface area (Å²) < 4.78 is 23.8. The molecule has 0 aromatic heterocycles. The second-order valence-corrected chi connectivity index (χ2v) is 9.37. The molecule has 3 aromatic carbocycles. The van der Waals surface area contributed by atoms with Crippen molar-refractivity contribution in [2.75, 3.05) is 14.2 Å². The van der Waals surface area contributed by atoms with E-state index in [1.54, 1.807) is 30.3 Å². The van der Waals surface area contributed by atoms with Crippen molar-refractivity contribution < 1.29 is 23.6 Å². The largest absolute Gasteiger partial charge is 0.496 e. The minimum Gasteiger partial charge on any atom is -0.496 e. The molecule has 0 aliphatic rings. The van der Waals surface area contributed by atoms with Crippen molar-refractivity contribution in [3.63, 3.8) is 0 Å². The normalized spacial score (nSPS) is 11.1. The molecule has 5 nitrogen and oxygen atoms in total. The van der Waals surface area contributed by atoms with Crippen LogP contribution in [-0.4, -0.2) is 25.5 Å². The monoisotopic (exact) mass is 529 g/mol. The fraction of sp³-hybridized carbons (Fsp3) is 0.0909. The summed E-state index contributed by atoms with van der Waals surface area (Å²) in [5.41, 5.74) is -0.944. The van der Waals surface area contributed by atoms with Crippen molar-refractivity contribution in [3.8, 4) is 11.5 Å². The van der Waals surface area contributed by atoms with E-state index in [1.165, 1.54) is 32.4 Å². The van der Waals surface area contributed by atoms with E-state index in [0.717, 1.165) is 0 Å². The van der Waals surface area contributed by atoms with Crippen molar-refractivity contribution >= 4 is 70.8 Å². The molecule has 0 amide bonds. The summed E-state index contributed by atoms with van der Waals surface area (Å²) in [6.45, 7) is 0. The highest BCUT2D eigenvalue weighted by Gasteiger charge is 2.40. The highest BCUT2D eigenvalue weighted by atomic mass is 35.5. The Bertz CT molecular complexity index is 1210. The van der Waals surface area contributed by atoms with Crippen LogP contribution < -0.4 is 14.8 Å². The average Bonchev–Trinajstić information content (AvgIpc) is 2.81. The molecule has 0 saturated carbocycles. The van der Waals surface area contributed by atoms with Gasteiger partial charge < -0.3 is 9.47 Å². The zero-order valence-corrected chi connectivity index (χ0v) is 20.5. The molecular formula is C22H14Cl4O5P+. The Kier molecular flexibility index (Phi) is 7.81. The van der Waals surface area contributed by atoms with E-state index in [1.807, 2.05) is 0 Å². The van der Waals surface area contributed by atoms with Crippen LogP contribution in [-0.2, 0) is 4.57 Å². The first-order valence-corrected chi connectivity index (χ1v) is 11.7. The molecule has 32 heavy (non-hydrogen) atoms. The predicted molar refractivity (Wildman–Crippen MR) is 127 cm³/mol. The molecule has 0 aliphatic carbocycles. The first-order chi connectivity index (χ1) is 15.2. The molecule has 0 bridgehead atoms. The highest BCUT2D eigenvalue weighted by Crippen LogP contribution is 2.40. The van der Waals surface area contributed by atoms with E-state index in [9.17, 15) is 14.2 Å². The fourth-order valence-electron chi connectivity index (χ4n) is 3.02. The van der Waals surface area contributed by atoms with Crippen molar-refractivity contribution in [2.24, 2.45) is 0 Å². The van der Waals surface area contributed by atoms with Gasteiger partial charge in [-0.15, -0.1) is 0 Å². The van der Waals surface area contributed by atoms with E-state index in [0.29, 0.717) is 0 Å². The van der Waals surface area contributed by atoms with Crippen molar-refractivity contribution in [2.45, 2.75) is 0 Å². The Hall–Kier alpha value is -2.14. The lowest BCUT2D eigenvalue weighted by Gasteiger charge is -2.10. The molecule has 0 heterocycles. The Labute approximate surface area is 204 Å². The van der Waals surface area contributed by atoms with Crippen LogP contribution in [0.2, 0.25) is 20.1 Å². The maximum absolute atomic E-state index is 13.4. The van der Waals surface area contributed by atoms with Gasteiger partial charge in [-0.25, -0.2) is 4.79 Å². The van der Waals surface area contributed by atoms with Crippen LogP contribution in [0.4, 0.5) is 0 Å².